The molecule has 2 rings (SSSR count). The van der Waals surface area contributed by atoms with Gasteiger partial charge in [-0.2, -0.15) is 0 Å². The first kappa shape index (κ1) is 39.6. The molecule has 2 nitrogen and oxygen atoms in total. The maximum Gasteiger partial charge on any atom is 0.277 e. The number of unbranched alkanes of at least 4 members (excludes halogenated alkanes) is 21. The molecule has 0 radical (unpaired) electrons. The summed E-state index contributed by atoms with van der Waals surface area (Å²) in [6.45, 7) is 6.84. The molecule has 0 aromatic heterocycles. The Morgan fingerprint density at radius 2 is 0.822 bits per heavy atom. The van der Waals surface area contributed by atoms with Crippen LogP contribution in [0, 0.1) is 0 Å². The monoisotopic (exact) mass is 639 g/mol. The summed E-state index contributed by atoms with van der Waals surface area (Å²) in [5.41, 5.74) is 2.46. The molecule has 0 aliphatic carbocycles. The highest BCUT2D eigenvalue weighted by Gasteiger charge is 2.30. The number of rotatable bonds is 30. The predicted molar refractivity (Wildman–Crippen MR) is 201 cm³/mol. The van der Waals surface area contributed by atoms with Gasteiger partial charge >= 0.3 is 0 Å². The summed E-state index contributed by atoms with van der Waals surface area (Å²) in [5, 5.41) is 0.984. The summed E-state index contributed by atoms with van der Waals surface area (Å²) in [6.07, 6.45) is 33.6. The molecular weight excluding hydrogens is 567 g/mol. The fourth-order valence-corrected chi connectivity index (χ4v) is 9.08. The molecule has 2 aromatic rings. The fraction of sp³-hybridized carbons (Fsp3) is 0.714. The summed E-state index contributed by atoms with van der Waals surface area (Å²) in [4.78, 5) is 0. The molecule has 0 amide bonds. The summed E-state index contributed by atoms with van der Waals surface area (Å²) in [7, 11) is -3.06. The van der Waals surface area contributed by atoms with Gasteiger partial charge in [0, 0.05) is 6.16 Å². The smallest absolute Gasteiger partial charge is 0.277 e. The highest BCUT2D eigenvalue weighted by atomic mass is 31.2. The zero-order valence-electron chi connectivity index (χ0n) is 30.0. The molecule has 0 heterocycles. The molecule has 0 aliphatic rings. The fourth-order valence-electron chi connectivity index (χ4n) is 6.58. The molecule has 45 heavy (non-hydrogen) atoms. The van der Waals surface area contributed by atoms with Gasteiger partial charge in [-0.25, -0.2) is 0 Å². The minimum absolute atomic E-state index is 0.642. The van der Waals surface area contributed by atoms with Gasteiger partial charge < -0.3 is 4.52 Å². The van der Waals surface area contributed by atoms with E-state index in [-0.39, 0.29) is 0 Å². The Labute approximate surface area is 280 Å². The van der Waals surface area contributed by atoms with E-state index in [0.717, 1.165) is 43.2 Å². The molecule has 0 saturated carbocycles. The second-order valence-corrected chi connectivity index (χ2v) is 16.1. The molecule has 256 valence electrons. The van der Waals surface area contributed by atoms with Gasteiger partial charge in [-0.05, 0) is 55.4 Å². The maximum absolute atomic E-state index is 15.1. The van der Waals surface area contributed by atoms with Crippen LogP contribution in [0.2, 0.25) is 0 Å². The van der Waals surface area contributed by atoms with Crippen molar-refractivity contribution in [1.82, 2.24) is 0 Å². The van der Waals surface area contributed by atoms with Crippen molar-refractivity contribution in [2.75, 3.05) is 6.16 Å². The van der Waals surface area contributed by atoms with Gasteiger partial charge in [-0.15, -0.1) is 0 Å². The summed E-state index contributed by atoms with van der Waals surface area (Å²) < 4.78 is 21.8. The Morgan fingerprint density at radius 3 is 1.33 bits per heavy atom. The largest absolute Gasteiger partial charge is 0.440 e. The highest BCUT2D eigenvalue weighted by Crippen LogP contribution is 2.49. The molecular formula is C42H71O2P. The summed E-state index contributed by atoms with van der Waals surface area (Å²) >= 11 is 0. The quantitative estimate of drug-likeness (QED) is 0.0628. The van der Waals surface area contributed by atoms with Crippen molar-refractivity contribution in [3.05, 3.63) is 59.7 Å². The minimum Gasteiger partial charge on any atom is -0.440 e. The van der Waals surface area contributed by atoms with Gasteiger partial charge in [0.2, 0.25) is 0 Å². The Kier molecular flexibility index (Phi) is 23.4. The Balaban J connectivity index is 2.06. The van der Waals surface area contributed by atoms with E-state index in [9.17, 15) is 0 Å². The third kappa shape index (κ3) is 17.8. The van der Waals surface area contributed by atoms with Crippen molar-refractivity contribution in [3.63, 3.8) is 0 Å². The van der Waals surface area contributed by atoms with Crippen molar-refractivity contribution < 1.29 is 9.09 Å². The highest BCUT2D eigenvalue weighted by molar-refractivity contribution is 7.67. The van der Waals surface area contributed by atoms with E-state index < -0.39 is 7.37 Å². The molecule has 3 heteroatoms. The van der Waals surface area contributed by atoms with Crippen molar-refractivity contribution in [2.45, 2.75) is 188 Å². The predicted octanol–water partition coefficient (Wildman–Crippen LogP) is 14.2. The Bertz CT molecular complexity index is 1020. The van der Waals surface area contributed by atoms with Crippen LogP contribution in [0.3, 0.4) is 0 Å². The van der Waals surface area contributed by atoms with Gasteiger partial charge in [0.15, 0.2) is 0 Å². The Morgan fingerprint density at radius 1 is 0.444 bits per heavy atom. The van der Waals surface area contributed by atoms with Crippen LogP contribution >= 0.6 is 7.37 Å². The van der Waals surface area contributed by atoms with Crippen molar-refractivity contribution in [3.8, 4) is 5.75 Å². The topological polar surface area (TPSA) is 26.3 Å². The van der Waals surface area contributed by atoms with Crippen LogP contribution in [-0.2, 0) is 17.4 Å². The lowest BCUT2D eigenvalue weighted by molar-refractivity contribution is 0.483. The van der Waals surface area contributed by atoms with E-state index in [1.54, 1.807) is 0 Å². The SMILES string of the molecule is CCCCCCCCCCCCP(=O)(Oc1ccccc1CCCCCCCCC)c1ccccc1CCCCCCCCC. The lowest BCUT2D eigenvalue weighted by Gasteiger charge is -2.24. The van der Waals surface area contributed by atoms with Crippen LogP contribution in [0.5, 0.6) is 5.75 Å². The number of benzene rings is 2. The minimum atomic E-state index is -3.06. The number of hydrogen-bond donors (Lipinski definition) is 0. The number of para-hydroxylation sites is 1. The second kappa shape index (κ2) is 26.5. The van der Waals surface area contributed by atoms with Crippen molar-refractivity contribution >= 4 is 12.7 Å². The van der Waals surface area contributed by atoms with E-state index in [1.165, 1.54) is 146 Å². The molecule has 1 atom stereocenters. The van der Waals surface area contributed by atoms with E-state index in [2.05, 4.69) is 69.3 Å². The lowest BCUT2D eigenvalue weighted by Crippen LogP contribution is -2.18. The Hall–Kier alpha value is -1.53. The average molecular weight is 639 g/mol. The van der Waals surface area contributed by atoms with E-state index in [4.69, 9.17) is 4.52 Å². The maximum atomic E-state index is 15.1. The molecule has 0 saturated heterocycles. The van der Waals surface area contributed by atoms with Crippen LogP contribution in [0.15, 0.2) is 48.5 Å². The normalized spacial score (nSPS) is 12.8. The average Bonchev–Trinajstić information content (AvgIpc) is 3.05. The van der Waals surface area contributed by atoms with Crippen molar-refractivity contribution in [2.24, 2.45) is 0 Å². The van der Waals surface area contributed by atoms with E-state index in [0.29, 0.717) is 6.16 Å². The third-order valence-electron chi connectivity index (χ3n) is 9.48. The zero-order valence-corrected chi connectivity index (χ0v) is 30.9. The van der Waals surface area contributed by atoms with E-state index >= 15 is 4.57 Å². The van der Waals surface area contributed by atoms with Gasteiger partial charge in [0.1, 0.15) is 5.75 Å². The first-order valence-corrected chi connectivity index (χ1v) is 21.4. The summed E-state index contributed by atoms with van der Waals surface area (Å²) in [5.74, 6) is 0.852. The first-order valence-electron chi connectivity index (χ1n) is 19.6. The van der Waals surface area contributed by atoms with Gasteiger partial charge in [0.25, 0.3) is 7.37 Å². The molecule has 0 spiro atoms. The molecule has 0 bridgehead atoms. The third-order valence-corrected chi connectivity index (χ3v) is 12.0. The van der Waals surface area contributed by atoms with Crippen molar-refractivity contribution in [1.29, 1.82) is 0 Å². The van der Waals surface area contributed by atoms with Crippen LogP contribution < -0.4 is 9.83 Å². The van der Waals surface area contributed by atoms with Crippen LogP contribution in [0.1, 0.15) is 186 Å². The molecule has 0 fully saturated rings. The molecule has 0 N–H and O–H groups in total. The van der Waals surface area contributed by atoms with Gasteiger partial charge in [0.05, 0.1) is 5.30 Å². The van der Waals surface area contributed by atoms with Crippen LogP contribution in [0.25, 0.3) is 0 Å². The van der Waals surface area contributed by atoms with Gasteiger partial charge in [-0.3, -0.25) is 4.57 Å². The summed E-state index contributed by atoms with van der Waals surface area (Å²) in [6, 6.07) is 17.0. The first-order chi connectivity index (χ1) is 22.1. The number of hydrogen-bond acceptors (Lipinski definition) is 2. The standard InChI is InChI=1S/C42H71O2P/c1-4-7-10-13-16-17-18-21-24-31-38-45(43,42-37-30-28-35-40(42)34-26-23-20-15-12-9-6-3)44-41-36-29-27-33-39(41)32-25-22-19-14-11-8-5-2/h27-30,33,35-37H,4-26,31-32,34,38H2,1-3H3. The number of aryl methyl sites for hydroxylation is 2. The molecule has 0 aliphatic heterocycles. The molecule has 1 unspecified atom stereocenters. The van der Waals surface area contributed by atoms with Crippen LogP contribution in [-0.4, -0.2) is 6.16 Å². The van der Waals surface area contributed by atoms with E-state index in [1.807, 2.05) is 0 Å². The molecule has 2 aromatic carbocycles. The second-order valence-electron chi connectivity index (χ2n) is 13.6. The van der Waals surface area contributed by atoms with Gasteiger partial charge in [-0.1, -0.05) is 192 Å². The lowest BCUT2D eigenvalue weighted by atomic mass is 10.0. The van der Waals surface area contributed by atoms with Crippen LogP contribution in [0.4, 0.5) is 0 Å². The zero-order chi connectivity index (χ0) is 32.3.